The molecule has 26 heavy (non-hydrogen) atoms. The Morgan fingerprint density at radius 2 is 1.88 bits per heavy atom. The van der Waals surface area contributed by atoms with Crippen LogP contribution in [0.2, 0.25) is 0 Å². The zero-order valence-corrected chi connectivity index (χ0v) is 15.7. The maximum atomic E-state index is 5.41. The molecule has 0 unspecified atom stereocenters. The van der Waals surface area contributed by atoms with Crippen molar-refractivity contribution in [3.63, 3.8) is 0 Å². The standard InChI is InChI=1S/C21H26N4O/c1-14-12-15(2)25-20(23-17-9-5-4-6-10-17)19(24-21(25)22-14)16-8-7-11-18(13-16)26-3/h7-8,11-13,17,23H,4-6,9-10H2,1-3H3. The van der Waals surface area contributed by atoms with Crippen molar-refractivity contribution in [1.82, 2.24) is 14.4 Å². The normalized spacial score (nSPS) is 15.3. The molecule has 1 aromatic carbocycles. The molecule has 0 amide bonds. The quantitative estimate of drug-likeness (QED) is 0.736. The minimum atomic E-state index is 0.494. The van der Waals surface area contributed by atoms with Crippen LogP contribution in [-0.4, -0.2) is 27.5 Å². The molecule has 5 heteroatoms. The zero-order chi connectivity index (χ0) is 18.1. The summed E-state index contributed by atoms with van der Waals surface area (Å²) >= 11 is 0. The van der Waals surface area contributed by atoms with Gasteiger partial charge in [-0.15, -0.1) is 0 Å². The molecule has 2 aromatic heterocycles. The number of nitrogens with zero attached hydrogens (tertiary/aromatic N) is 3. The van der Waals surface area contributed by atoms with E-state index in [4.69, 9.17) is 9.72 Å². The summed E-state index contributed by atoms with van der Waals surface area (Å²) in [6, 6.07) is 10.7. The predicted molar refractivity (Wildman–Crippen MR) is 105 cm³/mol. The lowest BCUT2D eigenvalue weighted by atomic mass is 9.95. The largest absolute Gasteiger partial charge is 0.497 e. The second-order valence-corrected chi connectivity index (χ2v) is 7.19. The molecular weight excluding hydrogens is 324 g/mol. The summed E-state index contributed by atoms with van der Waals surface area (Å²) < 4.78 is 7.56. The van der Waals surface area contributed by atoms with Crippen LogP contribution < -0.4 is 10.1 Å². The van der Waals surface area contributed by atoms with E-state index < -0.39 is 0 Å². The molecule has 4 rings (SSSR count). The first kappa shape index (κ1) is 16.9. The van der Waals surface area contributed by atoms with E-state index in [0.717, 1.165) is 40.0 Å². The molecule has 1 aliphatic rings. The summed E-state index contributed by atoms with van der Waals surface area (Å²) in [5, 5.41) is 3.79. The molecule has 5 nitrogen and oxygen atoms in total. The summed E-state index contributed by atoms with van der Waals surface area (Å²) in [7, 11) is 1.69. The van der Waals surface area contributed by atoms with Gasteiger partial charge in [-0.1, -0.05) is 31.4 Å². The average molecular weight is 350 g/mol. The molecule has 0 aliphatic heterocycles. The number of nitrogens with one attached hydrogen (secondary N) is 1. The zero-order valence-electron chi connectivity index (χ0n) is 15.7. The molecule has 0 atom stereocenters. The Kier molecular flexibility index (Phi) is 4.53. The number of aromatic nitrogens is 3. The van der Waals surface area contributed by atoms with Crippen LogP contribution >= 0.6 is 0 Å². The van der Waals surface area contributed by atoms with Crippen molar-refractivity contribution in [3.05, 3.63) is 41.7 Å². The predicted octanol–water partition coefficient (Wildman–Crippen LogP) is 4.77. The number of hydrogen-bond donors (Lipinski definition) is 1. The highest BCUT2D eigenvalue weighted by molar-refractivity contribution is 5.77. The van der Waals surface area contributed by atoms with Gasteiger partial charge in [0.25, 0.3) is 0 Å². The van der Waals surface area contributed by atoms with Gasteiger partial charge in [-0.3, -0.25) is 4.40 Å². The van der Waals surface area contributed by atoms with E-state index >= 15 is 0 Å². The van der Waals surface area contributed by atoms with Crippen molar-refractivity contribution in [2.75, 3.05) is 12.4 Å². The van der Waals surface area contributed by atoms with E-state index in [1.165, 1.54) is 32.1 Å². The summed E-state index contributed by atoms with van der Waals surface area (Å²) in [4.78, 5) is 9.54. The van der Waals surface area contributed by atoms with E-state index in [1.807, 2.05) is 25.1 Å². The Bertz CT molecular complexity index is 925. The van der Waals surface area contributed by atoms with Crippen molar-refractivity contribution in [1.29, 1.82) is 0 Å². The summed E-state index contributed by atoms with van der Waals surface area (Å²) in [5.74, 6) is 2.63. The van der Waals surface area contributed by atoms with Crippen molar-refractivity contribution in [2.24, 2.45) is 0 Å². The van der Waals surface area contributed by atoms with Crippen molar-refractivity contribution in [2.45, 2.75) is 52.0 Å². The van der Waals surface area contributed by atoms with Gasteiger partial charge in [0.1, 0.15) is 17.3 Å². The Morgan fingerprint density at radius 3 is 2.65 bits per heavy atom. The lowest BCUT2D eigenvalue weighted by Crippen LogP contribution is -2.23. The van der Waals surface area contributed by atoms with E-state index in [0.29, 0.717) is 6.04 Å². The van der Waals surface area contributed by atoms with Crippen molar-refractivity contribution in [3.8, 4) is 17.0 Å². The smallest absolute Gasteiger partial charge is 0.236 e. The average Bonchev–Trinajstić information content (AvgIpc) is 3.01. The van der Waals surface area contributed by atoms with Gasteiger partial charge in [0.05, 0.1) is 7.11 Å². The third-order valence-corrected chi connectivity index (χ3v) is 5.20. The number of anilines is 1. The lowest BCUT2D eigenvalue weighted by Gasteiger charge is -2.24. The fraction of sp³-hybridized carbons (Fsp3) is 0.429. The lowest BCUT2D eigenvalue weighted by molar-refractivity contribution is 0.415. The van der Waals surface area contributed by atoms with E-state index in [2.05, 4.69) is 33.8 Å². The topological polar surface area (TPSA) is 51.5 Å². The number of methoxy groups -OCH3 is 1. The van der Waals surface area contributed by atoms with Crippen LogP contribution in [0.15, 0.2) is 30.3 Å². The van der Waals surface area contributed by atoms with Crippen LogP contribution in [0.5, 0.6) is 5.75 Å². The number of aryl methyl sites for hydroxylation is 2. The van der Waals surface area contributed by atoms with Crippen LogP contribution in [-0.2, 0) is 0 Å². The summed E-state index contributed by atoms with van der Waals surface area (Å²) in [6.45, 7) is 4.13. The Hall–Kier alpha value is -2.56. The first-order valence-electron chi connectivity index (χ1n) is 9.43. The molecular formula is C21H26N4O. The van der Waals surface area contributed by atoms with E-state index in [1.54, 1.807) is 7.11 Å². The summed E-state index contributed by atoms with van der Waals surface area (Å²) in [6.07, 6.45) is 6.35. The molecule has 0 spiro atoms. The maximum absolute atomic E-state index is 5.41. The highest BCUT2D eigenvalue weighted by Gasteiger charge is 2.21. The molecule has 1 saturated carbocycles. The highest BCUT2D eigenvalue weighted by atomic mass is 16.5. The monoisotopic (exact) mass is 350 g/mol. The van der Waals surface area contributed by atoms with E-state index in [-0.39, 0.29) is 0 Å². The minimum Gasteiger partial charge on any atom is -0.497 e. The van der Waals surface area contributed by atoms with Gasteiger partial charge in [0.15, 0.2) is 0 Å². The van der Waals surface area contributed by atoms with Gasteiger partial charge in [-0.2, -0.15) is 0 Å². The van der Waals surface area contributed by atoms with Gasteiger partial charge in [0, 0.05) is 23.0 Å². The molecule has 3 aromatic rings. The molecule has 1 N–H and O–H groups in total. The first-order chi connectivity index (χ1) is 12.7. The number of hydrogen-bond acceptors (Lipinski definition) is 4. The number of ether oxygens (including phenoxy) is 1. The molecule has 0 saturated heterocycles. The van der Waals surface area contributed by atoms with Gasteiger partial charge in [-0.05, 0) is 44.9 Å². The maximum Gasteiger partial charge on any atom is 0.236 e. The highest BCUT2D eigenvalue weighted by Crippen LogP contribution is 2.33. The number of benzene rings is 1. The van der Waals surface area contributed by atoms with Crippen LogP contribution in [0.3, 0.4) is 0 Å². The number of rotatable bonds is 4. The first-order valence-corrected chi connectivity index (χ1v) is 9.43. The molecule has 0 bridgehead atoms. The third-order valence-electron chi connectivity index (χ3n) is 5.20. The van der Waals surface area contributed by atoms with E-state index in [9.17, 15) is 0 Å². The van der Waals surface area contributed by atoms with Gasteiger partial charge in [0.2, 0.25) is 5.78 Å². The second-order valence-electron chi connectivity index (χ2n) is 7.19. The van der Waals surface area contributed by atoms with Crippen LogP contribution in [0.1, 0.15) is 43.5 Å². The molecule has 0 radical (unpaired) electrons. The van der Waals surface area contributed by atoms with Crippen LogP contribution in [0.4, 0.5) is 5.82 Å². The van der Waals surface area contributed by atoms with Gasteiger partial charge < -0.3 is 10.1 Å². The third kappa shape index (κ3) is 3.14. The van der Waals surface area contributed by atoms with Crippen LogP contribution in [0.25, 0.3) is 17.0 Å². The minimum absolute atomic E-state index is 0.494. The number of imidazole rings is 1. The molecule has 136 valence electrons. The molecule has 1 fully saturated rings. The number of fused-ring (bicyclic) bond motifs is 1. The fourth-order valence-electron chi connectivity index (χ4n) is 3.92. The van der Waals surface area contributed by atoms with Gasteiger partial charge >= 0.3 is 0 Å². The summed E-state index contributed by atoms with van der Waals surface area (Å²) in [5.41, 5.74) is 4.12. The van der Waals surface area contributed by atoms with Crippen LogP contribution in [0, 0.1) is 13.8 Å². The Balaban J connectivity index is 1.87. The second kappa shape index (κ2) is 6.98. The van der Waals surface area contributed by atoms with Crippen molar-refractivity contribution < 1.29 is 4.74 Å². The SMILES string of the molecule is COc1cccc(-c2nc3nc(C)cc(C)n3c2NC2CCCCC2)c1. The Morgan fingerprint density at radius 1 is 1.08 bits per heavy atom. The van der Waals surface area contributed by atoms with Gasteiger partial charge in [-0.25, -0.2) is 9.97 Å². The van der Waals surface area contributed by atoms with Crippen molar-refractivity contribution >= 4 is 11.6 Å². The Labute approximate surface area is 154 Å². The molecule has 2 heterocycles. The fourth-order valence-corrected chi connectivity index (χ4v) is 3.92. The molecule has 1 aliphatic carbocycles.